The van der Waals surface area contributed by atoms with E-state index in [-0.39, 0.29) is 0 Å². The van der Waals surface area contributed by atoms with Crippen molar-refractivity contribution < 1.29 is 0 Å². The van der Waals surface area contributed by atoms with Gasteiger partial charge in [-0.3, -0.25) is 5.41 Å². The Labute approximate surface area is 59.5 Å². The molecular weight excluding hydrogens is 124 g/mol. The van der Waals surface area contributed by atoms with Crippen LogP contribution in [0.3, 0.4) is 0 Å². The van der Waals surface area contributed by atoms with Gasteiger partial charge in [0, 0.05) is 17.3 Å². The third kappa shape index (κ3) is 1.24. The van der Waals surface area contributed by atoms with Crippen LogP contribution in [0.5, 0.6) is 0 Å². The maximum absolute atomic E-state index is 6.68. The van der Waals surface area contributed by atoms with E-state index >= 15 is 0 Å². The van der Waals surface area contributed by atoms with Crippen LogP contribution < -0.4 is 5.73 Å². The van der Waals surface area contributed by atoms with Crippen molar-refractivity contribution in [3.63, 3.8) is 0 Å². The predicted molar refractivity (Wildman–Crippen MR) is 43.0 cm³/mol. The Balaban J connectivity index is 3.14. The summed E-state index contributed by atoms with van der Waals surface area (Å²) in [5.74, 6) is 2.17. The largest absolute Gasteiger partial charge is 0.398 e. The molecule has 0 aliphatic heterocycles. The molecule has 0 unspecified atom stereocenters. The molecule has 50 valence electrons. The third-order valence-electron chi connectivity index (χ3n) is 1.22. The SMILES string of the molecule is N=C=Cc1ccccc1N. The molecule has 0 aliphatic carbocycles. The summed E-state index contributed by atoms with van der Waals surface area (Å²) in [6.45, 7) is 0. The maximum atomic E-state index is 6.68. The number of nitrogens with one attached hydrogen (secondary N) is 1. The fraction of sp³-hybridized carbons (Fsp3) is 0. The normalized spacial score (nSPS) is 8.40. The number of rotatable bonds is 1. The highest BCUT2D eigenvalue weighted by Crippen LogP contribution is 2.09. The predicted octanol–water partition coefficient (Wildman–Crippen LogP) is 1.53. The van der Waals surface area contributed by atoms with Crippen LogP contribution >= 0.6 is 0 Å². The molecule has 0 spiro atoms. The molecule has 1 aromatic rings. The summed E-state index contributed by atoms with van der Waals surface area (Å²) >= 11 is 0. The van der Waals surface area contributed by atoms with E-state index in [9.17, 15) is 0 Å². The molecule has 0 saturated carbocycles. The van der Waals surface area contributed by atoms with E-state index < -0.39 is 0 Å². The first-order chi connectivity index (χ1) is 4.84. The van der Waals surface area contributed by atoms with E-state index in [1.165, 1.54) is 6.08 Å². The summed E-state index contributed by atoms with van der Waals surface area (Å²) in [6.07, 6.45) is 1.54. The number of para-hydroxylation sites is 1. The second kappa shape index (κ2) is 2.85. The van der Waals surface area contributed by atoms with Gasteiger partial charge in [-0.1, -0.05) is 18.2 Å². The molecule has 0 fully saturated rings. The van der Waals surface area contributed by atoms with Gasteiger partial charge < -0.3 is 5.73 Å². The first-order valence-electron chi connectivity index (χ1n) is 2.94. The highest BCUT2D eigenvalue weighted by Gasteiger charge is 1.89. The van der Waals surface area contributed by atoms with Crippen molar-refractivity contribution in [2.75, 3.05) is 5.73 Å². The zero-order valence-electron chi connectivity index (χ0n) is 5.46. The molecular formula is C8H8N2. The van der Waals surface area contributed by atoms with Crippen molar-refractivity contribution in [2.24, 2.45) is 0 Å². The average molecular weight is 132 g/mol. The molecule has 0 aromatic heterocycles. The summed E-state index contributed by atoms with van der Waals surface area (Å²) in [6, 6.07) is 7.37. The maximum Gasteiger partial charge on any atom is 0.0394 e. The summed E-state index contributed by atoms with van der Waals surface area (Å²) in [7, 11) is 0. The van der Waals surface area contributed by atoms with Gasteiger partial charge in [0.1, 0.15) is 0 Å². The lowest BCUT2D eigenvalue weighted by Crippen LogP contribution is -1.86. The van der Waals surface area contributed by atoms with Crippen LogP contribution in [0, 0.1) is 5.41 Å². The van der Waals surface area contributed by atoms with Crippen molar-refractivity contribution in [2.45, 2.75) is 0 Å². The number of hydrogen-bond donors (Lipinski definition) is 2. The van der Waals surface area contributed by atoms with Gasteiger partial charge in [0.25, 0.3) is 0 Å². The Hall–Kier alpha value is -1.53. The smallest absolute Gasteiger partial charge is 0.0394 e. The monoisotopic (exact) mass is 132 g/mol. The minimum Gasteiger partial charge on any atom is -0.398 e. The highest BCUT2D eigenvalue weighted by molar-refractivity contribution is 5.80. The second-order valence-corrected chi connectivity index (χ2v) is 1.92. The zero-order chi connectivity index (χ0) is 7.40. The molecule has 3 N–H and O–H groups in total. The quantitative estimate of drug-likeness (QED) is 0.442. The van der Waals surface area contributed by atoms with Crippen molar-refractivity contribution in [1.29, 1.82) is 5.41 Å². The molecule has 1 rings (SSSR count). The van der Waals surface area contributed by atoms with E-state index in [2.05, 4.69) is 5.87 Å². The van der Waals surface area contributed by atoms with Crippen LogP contribution in [-0.2, 0) is 0 Å². The van der Waals surface area contributed by atoms with Crippen LogP contribution in [0.15, 0.2) is 24.3 Å². The molecule has 2 heteroatoms. The molecule has 0 bridgehead atoms. The van der Waals surface area contributed by atoms with Gasteiger partial charge in [0.2, 0.25) is 0 Å². The third-order valence-corrected chi connectivity index (χ3v) is 1.22. The van der Waals surface area contributed by atoms with E-state index in [4.69, 9.17) is 11.1 Å². The molecule has 0 atom stereocenters. The van der Waals surface area contributed by atoms with Gasteiger partial charge in [0.15, 0.2) is 0 Å². The fourth-order valence-electron chi connectivity index (χ4n) is 0.720. The minimum absolute atomic E-state index is 0.683. The van der Waals surface area contributed by atoms with Crippen molar-refractivity contribution in [1.82, 2.24) is 0 Å². The summed E-state index contributed by atoms with van der Waals surface area (Å²) in [5, 5.41) is 6.68. The summed E-state index contributed by atoms with van der Waals surface area (Å²) in [4.78, 5) is 0. The number of benzene rings is 1. The van der Waals surface area contributed by atoms with E-state index in [1.807, 2.05) is 18.2 Å². The van der Waals surface area contributed by atoms with Crippen LogP contribution in [-0.4, -0.2) is 5.87 Å². The molecule has 0 amide bonds. The lowest BCUT2D eigenvalue weighted by atomic mass is 10.2. The Morgan fingerprint density at radius 2 is 2.10 bits per heavy atom. The lowest BCUT2D eigenvalue weighted by Gasteiger charge is -1.94. The van der Waals surface area contributed by atoms with E-state index in [0.29, 0.717) is 5.69 Å². The van der Waals surface area contributed by atoms with Gasteiger partial charge in [-0.2, -0.15) is 0 Å². The number of anilines is 1. The van der Waals surface area contributed by atoms with Gasteiger partial charge in [-0.05, 0) is 11.9 Å². The molecule has 10 heavy (non-hydrogen) atoms. The number of nitrogens with two attached hydrogens (primary N) is 1. The Morgan fingerprint density at radius 3 is 2.70 bits per heavy atom. The van der Waals surface area contributed by atoms with Crippen LogP contribution in [0.4, 0.5) is 5.69 Å². The Kier molecular flexibility index (Phi) is 1.88. The van der Waals surface area contributed by atoms with Crippen molar-refractivity contribution in [3.05, 3.63) is 29.8 Å². The number of nitrogen functional groups attached to an aromatic ring is 1. The van der Waals surface area contributed by atoms with Gasteiger partial charge in [-0.15, -0.1) is 0 Å². The average Bonchev–Trinajstić information content (AvgIpc) is 1.94. The molecule has 2 nitrogen and oxygen atoms in total. The molecule has 0 saturated heterocycles. The Morgan fingerprint density at radius 1 is 1.40 bits per heavy atom. The first kappa shape index (κ1) is 6.59. The first-order valence-corrected chi connectivity index (χ1v) is 2.94. The molecule has 0 aliphatic rings. The van der Waals surface area contributed by atoms with Gasteiger partial charge >= 0.3 is 0 Å². The van der Waals surface area contributed by atoms with Gasteiger partial charge in [0.05, 0.1) is 0 Å². The fourth-order valence-corrected chi connectivity index (χ4v) is 0.720. The van der Waals surface area contributed by atoms with Crippen molar-refractivity contribution in [3.8, 4) is 0 Å². The topological polar surface area (TPSA) is 49.9 Å². The summed E-state index contributed by atoms with van der Waals surface area (Å²) in [5.41, 5.74) is 7.08. The van der Waals surface area contributed by atoms with E-state index in [1.54, 1.807) is 6.07 Å². The molecule has 0 radical (unpaired) electrons. The van der Waals surface area contributed by atoms with E-state index in [0.717, 1.165) is 5.56 Å². The molecule has 1 aromatic carbocycles. The lowest BCUT2D eigenvalue weighted by molar-refractivity contribution is 1.59. The minimum atomic E-state index is 0.683. The Bertz CT molecular complexity index is 272. The second-order valence-electron chi connectivity index (χ2n) is 1.92. The highest BCUT2D eigenvalue weighted by atomic mass is 14.5. The number of hydrogen-bond acceptors (Lipinski definition) is 2. The van der Waals surface area contributed by atoms with Gasteiger partial charge in [-0.25, -0.2) is 0 Å². The molecule has 0 heterocycles. The summed E-state index contributed by atoms with van der Waals surface area (Å²) < 4.78 is 0. The van der Waals surface area contributed by atoms with Crippen LogP contribution in [0.25, 0.3) is 6.08 Å². The zero-order valence-corrected chi connectivity index (χ0v) is 5.46. The van der Waals surface area contributed by atoms with Crippen LogP contribution in [0.1, 0.15) is 5.56 Å². The standard InChI is InChI=1S/C8H8N2/c9-6-5-7-3-1-2-4-8(7)10/h1-5,9H,10H2. The van der Waals surface area contributed by atoms with Crippen LogP contribution in [0.2, 0.25) is 0 Å². The van der Waals surface area contributed by atoms with Crippen molar-refractivity contribution >= 4 is 17.6 Å².